The molecule has 2 aromatic heterocycles. The Bertz CT molecular complexity index is 1300. The molecule has 4 rings (SSSR count). The zero-order chi connectivity index (χ0) is 22.0. The zero-order valence-corrected chi connectivity index (χ0v) is 18.0. The summed E-state index contributed by atoms with van der Waals surface area (Å²) in [7, 11) is 0. The molecular formula is C22H17F2N3O2S2. The van der Waals surface area contributed by atoms with E-state index in [1.807, 2.05) is 31.2 Å². The summed E-state index contributed by atoms with van der Waals surface area (Å²) >= 11 is 2.22. The van der Waals surface area contributed by atoms with Crippen LogP contribution in [0.1, 0.15) is 12.5 Å². The fourth-order valence-electron chi connectivity index (χ4n) is 3.04. The third-order valence-corrected chi connectivity index (χ3v) is 6.36. The fourth-order valence-corrected chi connectivity index (χ4v) is 4.61. The first-order valence-electron chi connectivity index (χ1n) is 9.43. The molecule has 2 aromatic carbocycles. The van der Waals surface area contributed by atoms with Crippen molar-refractivity contribution in [1.29, 1.82) is 0 Å². The highest BCUT2D eigenvalue weighted by molar-refractivity contribution is 7.99. The van der Waals surface area contributed by atoms with Gasteiger partial charge in [-0.15, -0.1) is 11.3 Å². The smallest absolute Gasteiger partial charge is 0.276 e. The third kappa shape index (κ3) is 4.67. The maximum absolute atomic E-state index is 13.8. The van der Waals surface area contributed by atoms with Gasteiger partial charge in [0.05, 0.1) is 17.0 Å². The van der Waals surface area contributed by atoms with E-state index in [-0.39, 0.29) is 22.5 Å². The van der Waals surface area contributed by atoms with Gasteiger partial charge < -0.3 is 5.32 Å². The number of anilines is 1. The second-order valence-electron chi connectivity index (χ2n) is 6.68. The number of amides is 1. The monoisotopic (exact) mass is 457 g/mol. The first-order valence-corrected chi connectivity index (χ1v) is 11.3. The summed E-state index contributed by atoms with van der Waals surface area (Å²) in [5.41, 5.74) is 1.87. The lowest BCUT2D eigenvalue weighted by atomic mass is 10.1. The molecule has 0 bridgehead atoms. The average molecular weight is 458 g/mol. The SMILES string of the molecule is CCc1ccc(NC(=O)CSc2nc3ccsc3c(=O)n2-c2cc(F)cc(F)c2)cc1. The minimum atomic E-state index is -0.808. The predicted molar refractivity (Wildman–Crippen MR) is 120 cm³/mol. The van der Waals surface area contributed by atoms with Crippen LogP contribution >= 0.6 is 23.1 Å². The number of thioether (sulfide) groups is 1. The lowest BCUT2D eigenvalue weighted by Crippen LogP contribution is -2.22. The van der Waals surface area contributed by atoms with Crippen molar-refractivity contribution >= 4 is 44.9 Å². The zero-order valence-electron chi connectivity index (χ0n) is 16.4. The maximum atomic E-state index is 13.8. The van der Waals surface area contributed by atoms with Crippen LogP contribution in [0.25, 0.3) is 15.9 Å². The number of hydrogen-bond donors (Lipinski definition) is 1. The number of fused-ring (bicyclic) bond motifs is 1. The van der Waals surface area contributed by atoms with Crippen molar-refractivity contribution in [2.75, 3.05) is 11.1 Å². The molecule has 158 valence electrons. The van der Waals surface area contributed by atoms with Crippen molar-refractivity contribution in [1.82, 2.24) is 9.55 Å². The van der Waals surface area contributed by atoms with Crippen LogP contribution in [-0.4, -0.2) is 21.2 Å². The molecule has 0 saturated carbocycles. The number of carbonyl (C=O) groups excluding carboxylic acids is 1. The number of nitrogens with one attached hydrogen (secondary N) is 1. The Morgan fingerprint density at radius 3 is 2.52 bits per heavy atom. The second-order valence-corrected chi connectivity index (χ2v) is 8.54. The molecule has 1 N–H and O–H groups in total. The molecule has 0 aliphatic carbocycles. The van der Waals surface area contributed by atoms with Crippen LogP contribution in [0, 0.1) is 11.6 Å². The summed E-state index contributed by atoms with van der Waals surface area (Å²) in [5, 5.41) is 4.69. The number of nitrogens with zero attached hydrogens (tertiary/aromatic N) is 2. The average Bonchev–Trinajstić information content (AvgIpc) is 3.21. The van der Waals surface area contributed by atoms with Gasteiger partial charge in [-0.25, -0.2) is 13.8 Å². The highest BCUT2D eigenvalue weighted by atomic mass is 32.2. The number of benzene rings is 2. The van der Waals surface area contributed by atoms with Gasteiger partial charge in [-0.3, -0.25) is 14.2 Å². The van der Waals surface area contributed by atoms with Gasteiger partial charge in [-0.2, -0.15) is 0 Å². The molecule has 2 heterocycles. The van der Waals surface area contributed by atoms with Crippen LogP contribution in [-0.2, 0) is 11.2 Å². The van der Waals surface area contributed by atoms with Crippen molar-refractivity contribution in [2.24, 2.45) is 0 Å². The van der Waals surface area contributed by atoms with E-state index in [0.29, 0.717) is 15.9 Å². The molecule has 0 unspecified atom stereocenters. The molecule has 1 amide bonds. The van der Waals surface area contributed by atoms with E-state index in [9.17, 15) is 18.4 Å². The van der Waals surface area contributed by atoms with Crippen LogP contribution < -0.4 is 10.9 Å². The molecule has 0 aliphatic rings. The number of halogens is 2. The standard InChI is InChI=1S/C22H17F2N3O2S2/c1-2-13-3-5-16(6-4-13)25-19(28)12-31-22-26-18-7-8-30-20(18)21(29)27(22)17-10-14(23)9-15(24)11-17/h3-11H,2,12H2,1H3,(H,25,28). The van der Waals surface area contributed by atoms with Crippen molar-refractivity contribution in [3.8, 4) is 5.69 Å². The normalized spacial score (nSPS) is 11.1. The molecule has 4 aromatic rings. The van der Waals surface area contributed by atoms with Crippen LogP contribution in [0.2, 0.25) is 0 Å². The van der Waals surface area contributed by atoms with Gasteiger partial charge in [-0.05, 0) is 47.7 Å². The first-order chi connectivity index (χ1) is 14.9. The minimum absolute atomic E-state index is 0.0170. The Labute approximate surface area is 184 Å². The van der Waals surface area contributed by atoms with Gasteiger partial charge >= 0.3 is 0 Å². The molecule has 0 radical (unpaired) electrons. The summed E-state index contributed by atoms with van der Waals surface area (Å²) in [5.74, 6) is -1.93. The summed E-state index contributed by atoms with van der Waals surface area (Å²) in [4.78, 5) is 29.9. The van der Waals surface area contributed by atoms with Crippen LogP contribution in [0.3, 0.4) is 0 Å². The number of aryl methyl sites for hydroxylation is 1. The largest absolute Gasteiger partial charge is 0.325 e. The second kappa shape index (κ2) is 8.99. The molecule has 0 saturated heterocycles. The van der Waals surface area contributed by atoms with Gasteiger partial charge in [0.25, 0.3) is 5.56 Å². The first kappa shape index (κ1) is 21.2. The highest BCUT2D eigenvalue weighted by Gasteiger charge is 2.17. The van der Waals surface area contributed by atoms with Crippen molar-refractivity contribution < 1.29 is 13.6 Å². The summed E-state index contributed by atoms with van der Waals surface area (Å²) < 4.78 is 29.1. The Balaban J connectivity index is 1.63. The van der Waals surface area contributed by atoms with Gasteiger partial charge in [0.15, 0.2) is 5.16 Å². The molecule has 5 nitrogen and oxygen atoms in total. The molecule has 0 atom stereocenters. The molecule has 31 heavy (non-hydrogen) atoms. The number of thiophene rings is 1. The summed E-state index contributed by atoms with van der Waals surface area (Å²) in [6, 6.07) is 12.1. The number of rotatable bonds is 6. The predicted octanol–water partition coefficient (Wildman–Crippen LogP) is 5.02. The van der Waals surface area contributed by atoms with Gasteiger partial charge in [0.2, 0.25) is 5.91 Å². The van der Waals surface area contributed by atoms with Crippen molar-refractivity contribution in [2.45, 2.75) is 18.5 Å². The molecule has 0 aliphatic heterocycles. The number of aromatic nitrogens is 2. The van der Waals surface area contributed by atoms with Crippen molar-refractivity contribution in [3.05, 3.63) is 81.5 Å². The van der Waals surface area contributed by atoms with Crippen LogP contribution in [0.5, 0.6) is 0 Å². The molecular weight excluding hydrogens is 440 g/mol. The molecule has 0 spiro atoms. The number of carbonyl (C=O) groups is 1. The van der Waals surface area contributed by atoms with E-state index in [1.165, 1.54) is 11.3 Å². The Morgan fingerprint density at radius 1 is 1.13 bits per heavy atom. The Kier molecular flexibility index (Phi) is 6.15. The number of hydrogen-bond acceptors (Lipinski definition) is 5. The van der Waals surface area contributed by atoms with Gasteiger partial charge in [0.1, 0.15) is 16.3 Å². The van der Waals surface area contributed by atoms with E-state index >= 15 is 0 Å². The maximum Gasteiger partial charge on any atom is 0.276 e. The lowest BCUT2D eigenvalue weighted by molar-refractivity contribution is -0.113. The topological polar surface area (TPSA) is 64.0 Å². The van der Waals surface area contributed by atoms with Crippen LogP contribution in [0.4, 0.5) is 14.5 Å². The summed E-state index contributed by atoms with van der Waals surface area (Å²) in [6.07, 6.45) is 0.902. The molecule has 0 fully saturated rings. The highest BCUT2D eigenvalue weighted by Crippen LogP contribution is 2.24. The Hall–Kier alpha value is -3.04. The van der Waals surface area contributed by atoms with Gasteiger partial charge in [0, 0.05) is 11.8 Å². The Morgan fingerprint density at radius 2 is 1.84 bits per heavy atom. The van der Waals surface area contributed by atoms with Crippen LogP contribution in [0.15, 0.2) is 63.9 Å². The van der Waals surface area contributed by atoms with Gasteiger partial charge in [-0.1, -0.05) is 30.8 Å². The minimum Gasteiger partial charge on any atom is -0.325 e. The van der Waals surface area contributed by atoms with E-state index in [4.69, 9.17) is 0 Å². The van der Waals surface area contributed by atoms with E-state index in [0.717, 1.165) is 46.5 Å². The fraction of sp³-hybridized carbons (Fsp3) is 0.136. The third-order valence-electron chi connectivity index (χ3n) is 4.53. The van der Waals surface area contributed by atoms with E-state index in [2.05, 4.69) is 10.3 Å². The quantitative estimate of drug-likeness (QED) is 0.326. The van der Waals surface area contributed by atoms with Crippen molar-refractivity contribution in [3.63, 3.8) is 0 Å². The van der Waals surface area contributed by atoms with E-state index in [1.54, 1.807) is 11.4 Å². The summed E-state index contributed by atoms with van der Waals surface area (Å²) in [6.45, 7) is 2.05. The molecule has 9 heteroatoms. The van der Waals surface area contributed by atoms with E-state index < -0.39 is 17.2 Å². The lowest BCUT2D eigenvalue weighted by Gasteiger charge is -2.12.